The van der Waals surface area contributed by atoms with Gasteiger partial charge in [-0.05, 0) is 87.5 Å². The number of allylic oxidation sites excluding steroid dienone is 4. The van der Waals surface area contributed by atoms with E-state index in [0.717, 1.165) is 62.1 Å². The molecule has 3 aliphatic rings. The second kappa shape index (κ2) is 13.1. The fourth-order valence-electron chi connectivity index (χ4n) is 9.32. The van der Waals surface area contributed by atoms with E-state index in [1.807, 2.05) is 6.07 Å². The van der Waals surface area contributed by atoms with E-state index >= 15 is 0 Å². The first kappa shape index (κ1) is 32.8. The molecule has 0 saturated heterocycles. The number of rotatable bonds is 5. The maximum atomic E-state index is 6.76. The summed E-state index contributed by atoms with van der Waals surface area (Å²) in [5, 5.41) is 4.65. The van der Waals surface area contributed by atoms with Gasteiger partial charge in [-0.1, -0.05) is 140 Å². The van der Waals surface area contributed by atoms with Gasteiger partial charge >= 0.3 is 0 Å². The highest BCUT2D eigenvalue weighted by Gasteiger charge is 2.41. The van der Waals surface area contributed by atoms with E-state index in [1.54, 1.807) is 0 Å². The molecule has 7 aromatic carbocycles. The molecule has 5 heteroatoms. The first-order valence-corrected chi connectivity index (χ1v) is 20.0. The van der Waals surface area contributed by atoms with Crippen LogP contribution in [0.2, 0.25) is 0 Å². The van der Waals surface area contributed by atoms with Gasteiger partial charge in [-0.15, -0.1) is 0 Å². The van der Waals surface area contributed by atoms with E-state index in [0.29, 0.717) is 11.6 Å². The number of fused-ring (bicyclic) bond motifs is 9. The van der Waals surface area contributed by atoms with Crippen LogP contribution < -0.4 is 4.90 Å². The van der Waals surface area contributed by atoms with Crippen molar-refractivity contribution in [3.05, 3.63) is 205 Å². The van der Waals surface area contributed by atoms with E-state index in [-0.39, 0.29) is 17.9 Å². The quantitative estimate of drug-likeness (QED) is 0.176. The van der Waals surface area contributed by atoms with Crippen molar-refractivity contribution < 1.29 is 4.42 Å². The normalized spacial score (nSPS) is 17.9. The average molecular weight is 745 g/mol. The molecule has 3 heterocycles. The molecule has 2 aliphatic carbocycles. The number of hydrogen-bond donors (Lipinski definition) is 0. The second-order valence-corrected chi connectivity index (χ2v) is 15.5. The minimum absolute atomic E-state index is 0.0666. The lowest BCUT2D eigenvalue weighted by Crippen LogP contribution is -2.30. The SMILES string of the molecule is C1=CCC(c2nc(-c3cccc(-c4ccccc4)c3)nc(-c3ccc4c(c3)oc3cc(N5c6cc7ccccc7cc6C6c7ccccc7C=CC65)ccc34)n2)C=C1. The number of benzene rings is 7. The Morgan fingerprint density at radius 3 is 2.10 bits per heavy atom. The second-order valence-electron chi connectivity index (χ2n) is 15.5. The summed E-state index contributed by atoms with van der Waals surface area (Å²) >= 11 is 0. The van der Waals surface area contributed by atoms with Crippen LogP contribution in [0.1, 0.15) is 40.8 Å². The van der Waals surface area contributed by atoms with Crippen LogP contribution in [0.15, 0.2) is 186 Å². The van der Waals surface area contributed by atoms with E-state index in [9.17, 15) is 0 Å². The van der Waals surface area contributed by atoms with Crippen molar-refractivity contribution in [1.82, 2.24) is 15.0 Å². The van der Waals surface area contributed by atoms with Gasteiger partial charge in [-0.2, -0.15) is 0 Å². The molecule has 0 amide bonds. The van der Waals surface area contributed by atoms with Gasteiger partial charge in [0.1, 0.15) is 17.0 Å². The summed E-state index contributed by atoms with van der Waals surface area (Å²) in [6.07, 6.45) is 14.0. The molecule has 2 aromatic heterocycles. The smallest absolute Gasteiger partial charge is 0.163 e. The standard InChI is InChI=1S/C53H36N4O/c1-3-12-33(13-4-1)36-19-11-20-39(28-36)52-54-51(35-15-5-2-6-16-35)55-53(56-52)40-22-25-43-44-26-24-41(32-49(44)58-48(43)31-40)57-46-27-23-34-14-9-10-21-42(34)50(46)45-29-37-17-7-8-18-38(37)30-47(45)57/h1-15,17-32,35,46,50H,16H2. The van der Waals surface area contributed by atoms with Gasteiger partial charge in [0.15, 0.2) is 11.6 Å². The maximum absolute atomic E-state index is 6.76. The van der Waals surface area contributed by atoms with Gasteiger partial charge in [0.25, 0.3) is 0 Å². The summed E-state index contributed by atoms with van der Waals surface area (Å²) in [6.45, 7) is 0. The van der Waals surface area contributed by atoms with Crippen molar-refractivity contribution in [2.24, 2.45) is 0 Å². The lowest BCUT2D eigenvalue weighted by molar-refractivity contribution is 0.668. The zero-order chi connectivity index (χ0) is 38.2. The van der Waals surface area contributed by atoms with E-state index < -0.39 is 0 Å². The first-order chi connectivity index (χ1) is 28.7. The Kier molecular flexibility index (Phi) is 7.42. The topological polar surface area (TPSA) is 55.1 Å². The molecule has 3 atom stereocenters. The molecular weight excluding hydrogens is 709 g/mol. The van der Waals surface area contributed by atoms with Crippen LogP contribution in [-0.4, -0.2) is 21.0 Å². The van der Waals surface area contributed by atoms with E-state index in [4.69, 9.17) is 19.4 Å². The van der Waals surface area contributed by atoms with Gasteiger partial charge in [-0.3, -0.25) is 0 Å². The summed E-state index contributed by atoms with van der Waals surface area (Å²) in [6, 6.07) is 54.3. The van der Waals surface area contributed by atoms with Crippen LogP contribution in [-0.2, 0) is 0 Å². The van der Waals surface area contributed by atoms with Gasteiger partial charge in [0.2, 0.25) is 0 Å². The summed E-state index contributed by atoms with van der Waals surface area (Å²) < 4.78 is 6.76. The van der Waals surface area contributed by atoms with Gasteiger partial charge in [0.05, 0.1) is 6.04 Å². The third-order valence-corrected chi connectivity index (χ3v) is 12.1. The van der Waals surface area contributed by atoms with Crippen molar-refractivity contribution in [2.75, 3.05) is 4.90 Å². The summed E-state index contributed by atoms with van der Waals surface area (Å²) in [4.78, 5) is 17.8. The van der Waals surface area contributed by atoms with Crippen LogP contribution in [0.3, 0.4) is 0 Å². The van der Waals surface area contributed by atoms with Crippen LogP contribution in [0.25, 0.3) is 72.7 Å². The fraction of sp³-hybridized carbons (Fsp3) is 0.0755. The third-order valence-electron chi connectivity index (χ3n) is 12.1. The molecule has 0 radical (unpaired) electrons. The zero-order valence-electron chi connectivity index (χ0n) is 31.5. The van der Waals surface area contributed by atoms with Crippen LogP contribution in [0.4, 0.5) is 11.4 Å². The Bertz CT molecular complexity index is 3190. The molecular formula is C53H36N4O. The predicted octanol–water partition coefficient (Wildman–Crippen LogP) is 13.2. The van der Waals surface area contributed by atoms with E-state index in [2.05, 4.69) is 187 Å². The molecule has 274 valence electrons. The number of anilines is 2. The summed E-state index contributed by atoms with van der Waals surface area (Å²) in [7, 11) is 0. The molecule has 0 fully saturated rings. The number of hydrogen-bond acceptors (Lipinski definition) is 5. The minimum atomic E-state index is 0.0666. The van der Waals surface area contributed by atoms with Gasteiger partial charge in [-0.25, -0.2) is 15.0 Å². The highest BCUT2D eigenvalue weighted by atomic mass is 16.3. The third kappa shape index (κ3) is 5.35. The number of furan rings is 1. The summed E-state index contributed by atoms with van der Waals surface area (Å²) in [5.41, 5.74) is 12.1. The lowest BCUT2D eigenvalue weighted by Gasteiger charge is -2.31. The Balaban J connectivity index is 0.959. The molecule has 0 spiro atoms. The first-order valence-electron chi connectivity index (χ1n) is 20.0. The molecule has 58 heavy (non-hydrogen) atoms. The molecule has 0 N–H and O–H groups in total. The van der Waals surface area contributed by atoms with Crippen molar-refractivity contribution in [3.8, 4) is 33.9 Å². The molecule has 3 unspecified atom stereocenters. The maximum Gasteiger partial charge on any atom is 0.163 e. The van der Waals surface area contributed by atoms with Gasteiger partial charge in [0, 0.05) is 51.2 Å². The minimum Gasteiger partial charge on any atom is -0.456 e. The van der Waals surface area contributed by atoms with Crippen molar-refractivity contribution in [2.45, 2.75) is 24.3 Å². The Labute approximate surface area is 336 Å². The lowest BCUT2D eigenvalue weighted by atomic mass is 9.81. The van der Waals surface area contributed by atoms with Crippen molar-refractivity contribution >= 4 is 50.2 Å². The van der Waals surface area contributed by atoms with Crippen LogP contribution in [0.5, 0.6) is 0 Å². The molecule has 0 bridgehead atoms. The molecule has 9 aromatic rings. The predicted molar refractivity (Wildman–Crippen MR) is 236 cm³/mol. The largest absolute Gasteiger partial charge is 0.456 e. The molecule has 5 nitrogen and oxygen atoms in total. The zero-order valence-corrected chi connectivity index (χ0v) is 31.5. The highest BCUT2D eigenvalue weighted by Crippen LogP contribution is 2.53. The van der Waals surface area contributed by atoms with Crippen molar-refractivity contribution in [1.29, 1.82) is 0 Å². The molecule has 1 aliphatic heterocycles. The van der Waals surface area contributed by atoms with Crippen molar-refractivity contribution in [3.63, 3.8) is 0 Å². The number of nitrogens with zero attached hydrogens (tertiary/aromatic N) is 4. The number of aromatic nitrogens is 3. The van der Waals surface area contributed by atoms with Crippen LogP contribution >= 0.6 is 0 Å². The van der Waals surface area contributed by atoms with Crippen LogP contribution in [0, 0.1) is 0 Å². The Morgan fingerprint density at radius 2 is 1.26 bits per heavy atom. The van der Waals surface area contributed by atoms with Gasteiger partial charge < -0.3 is 9.32 Å². The Morgan fingerprint density at radius 1 is 0.534 bits per heavy atom. The monoisotopic (exact) mass is 744 g/mol. The fourth-order valence-corrected chi connectivity index (χ4v) is 9.32. The average Bonchev–Trinajstić information content (AvgIpc) is 3.83. The molecule has 12 rings (SSSR count). The summed E-state index contributed by atoms with van der Waals surface area (Å²) in [5.74, 6) is 2.35. The molecule has 0 saturated carbocycles. The Hall–Kier alpha value is -7.37. The van der Waals surface area contributed by atoms with E-state index in [1.165, 1.54) is 33.2 Å². The highest BCUT2D eigenvalue weighted by molar-refractivity contribution is 6.07.